The first-order valence-corrected chi connectivity index (χ1v) is 10.5. The van der Waals surface area contributed by atoms with Crippen LogP contribution in [0.15, 0.2) is 47.5 Å². The number of nitrogens with one attached hydrogen (secondary N) is 1. The first-order valence-electron chi connectivity index (χ1n) is 8.44. The van der Waals surface area contributed by atoms with Crippen molar-refractivity contribution in [2.45, 2.75) is 18.6 Å². The van der Waals surface area contributed by atoms with Gasteiger partial charge in [-0.1, -0.05) is 46.6 Å². The number of benzene rings is 2. The van der Waals surface area contributed by atoms with Crippen LogP contribution in [0, 0.1) is 0 Å². The molecule has 0 spiro atoms. The fourth-order valence-corrected chi connectivity index (χ4v) is 4.40. The number of hydrogen-bond acceptors (Lipinski definition) is 4. The summed E-state index contributed by atoms with van der Waals surface area (Å²) in [5.74, 6) is -0.405. The highest BCUT2D eigenvalue weighted by molar-refractivity contribution is 8.15. The Morgan fingerprint density at radius 3 is 2.46 bits per heavy atom. The Morgan fingerprint density at radius 1 is 1.14 bits per heavy atom. The molecule has 1 heterocycles. The summed E-state index contributed by atoms with van der Waals surface area (Å²) in [5.41, 5.74) is 1.14. The maximum atomic E-state index is 12.7. The largest absolute Gasteiger partial charge is 0.326 e. The van der Waals surface area contributed by atoms with E-state index in [1.54, 1.807) is 47.4 Å². The predicted octanol–water partition coefficient (Wildman–Crippen LogP) is 5.63. The number of hydrogen-bond donors (Lipinski definition) is 1. The number of amidine groups is 1. The highest BCUT2D eigenvalue weighted by atomic mass is 35.5. The van der Waals surface area contributed by atoms with Gasteiger partial charge < -0.3 is 5.32 Å². The van der Waals surface area contributed by atoms with E-state index in [1.807, 2.05) is 6.92 Å². The van der Waals surface area contributed by atoms with Crippen molar-refractivity contribution < 1.29 is 9.59 Å². The maximum absolute atomic E-state index is 12.7. The van der Waals surface area contributed by atoms with Crippen molar-refractivity contribution in [1.29, 1.82) is 0 Å². The molecule has 1 saturated heterocycles. The first kappa shape index (κ1) is 21.0. The van der Waals surface area contributed by atoms with Crippen molar-refractivity contribution >= 4 is 74.9 Å². The van der Waals surface area contributed by atoms with E-state index in [1.165, 1.54) is 11.8 Å². The van der Waals surface area contributed by atoms with Crippen LogP contribution >= 0.6 is 46.6 Å². The van der Waals surface area contributed by atoms with Crippen LogP contribution in [0.3, 0.4) is 0 Å². The van der Waals surface area contributed by atoms with Crippen molar-refractivity contribution in [2.75, 3.05) is 11.9 Å². The van der Waals surface area contributed by atoms with E-state index in [0.717, 1.165) is 0 Å². The van der Waals surface area contributed by atoms with Gasteiger partial charge in [0.25, 0.3) is 0 Å². The van der Waals surface area contributed by atoms with E-state index in [9.17, 15) is 9.59 Å². The lowest BCUT2D eigenvalue weighted by Crippen LogP contribution is -2.33. The monoisotopic (exact) mass is 455 g/mol. The van der Waals surface area contributed by atoms with Crippen molar-refractivity contribution in [3.05, 3.63) is 57.5 Å². The normalized spacial score (nSPS) is 18.0. The molecular formula is C19H16Cl3N3O2S. The number of nitrogens with zero attached hydrogens (tertiary/aromatic N) is 2. The first-order chi connectivity index (χ1) is 13.4. The standard InChI is InChI=1S/C19H16Cl3N3O2S/c1-2-25-18(27)16(10-17(26)23-13-6-3-11(20)4-7-13)28-19(25)24-15-8-5-12(21)9-14(15)22/h3-9,16H,2,10H2,1H3,(H,23,26). The second-order valence-electron chi connectivity index (χ2n) is 5.94. The number of rotatable bonds is 5. The molecule has 0 saturated carbocycles. The number of anilines is 1. The van der Waals surface area contributed by atoms with Crippen molar-refractivity contribution in [1.82, 2.24) is 4.90 Å². The topological polar surface area (TPSA) is 61.8 Å². The van der Waals surface area contributed by atoms with Crippen LogP contribution in [-0.2, 0) is 9.59 Å². The SMILES string of the molecule is CCN1C(=O)C(CC(=O)Nc2ccc(Cl)cc2)SC1=Nc1ccc(Cl)cc1Cl. The summed E-state index contributed by atoms with van der Waals surface area (Å²) in [6.45, 7) is 2.30. The third kappa shape index (κ3) is 5.00. The lowest BCUT2D eigenvalue weighted by Gasteiger charge is -2.13. The summed E-state index contributed by atoms with van der Waals surface area (Å²) < 4.78 is 0. The van der Waals surface area contributed by atoms with Gasteiger partial charge >= 0.3 is 0 Å². The molecule has 0 bridgehead atoms. The highest BCUT2D eigenvalue weighted by Gasteiger charge is 2.38. The minimum Gasteiger partial charge on any atom is -0.326 e. The molecule has 1 atom stereocenters. The van der Waals surface area contributed by atoms with Gasteiger partial charge in [0.05, 0.1) is 10.7 Å². The molecule has 5 nitrogen and oxygen atoms in total. The molecule has 9 heteroatoms. The molecule has 0 aromatic heterocycles. The van der Waals surface area contributed by atoms with Crippen LogP contribution in [0.5, 0.6) is 0 Å². The Bertz CT molecular complexity index is 935. The van der Waals surface area contributed by atoms with Crippen LogP contribution in [0.2, 0.25) is 15.1 Å². The summed E-state index contributed by atoms with van der Waals surface area (Å²) in [4.78, 5) is 31.1. The number of thioether (sulfide) groups is 1. The molecular weight excluding hydrogens is 441 g/mol. The van der Waals surface area contributed by atoms with E-state index in [4.69, 9.17) is 34.8 Å². The Hall–Kier alpha value is -1.73. The Morgan fingerprint density at radius 2 is 1.82 bits per heavy atom. The zero-order chi connectivity index (χ0) is 20.3. The van der Waals surface area contributed by atoms with Crippen molar-refractivity contribution in [3.8, 4) is 0 Å². The van der Waals surface area contributed by atoms with E-state index < -0.39 is 5.25 Å². The summed E-state index contributed by atoms with van der Waals surface area (Å²) in [7, 11) is 0. The van der Waals surface area contributed by atoms with Gasteiger partial charge in [-0.3, -0.25) is 14.5 Å². The molecule has 2 aromatic rings. The van der Waals surface area contributed by atoms with Crippen LogP contribution in [0.1, 0.15) is 13.3 Å². The smallest absolute Gasteiger partial charge is 0.242 e. The fraction of sp³-hybridized carbons (Fsp3) is 0.211. The summed E-state index contributed by atoms with van der Waals surface area (Å²) in [5, 5.41) is 4.23. The summed E-state index contributed by atoms with van der Waals surface area (Å²) >= 11 is 19.2. The molecule has 2 aromatic carbocycles. The van der Waals surface area contributed by atoms with Gasteiger partial charge in [0, 0.05) is 28.7 Å². The lowest BCUT2D eigenvalue weighted by atomic mass is 10.2. The molecule has 1 fully saturated rings. The van der Waals surface area contributed by atoms with E-state index in [0.29, 0.717) is 38.2 Å². The molecule has 0 radical (unpaired) electrons. The van der Waals surface area contributed by atoms with E-state index in [-0.39, 0.29) is 18.2 Å². The third-order valence-electron chi connectivity index (χ3n) is 3.96. The van der Waals surface area contributed by atoms with Gasteiger partial charge in [-0.25, -0.2) is 4.99 Å². The fourth-order valence-electron chi connectivity index (χ4n) is 2.60. The number of aliphatic imine (C=N–C) groups is 1. The van der Waals surface area contributed by atoms with Crippen molar-refractivity contribution in [3.63, 3.8) is 0 Å². The predicted molar refractivity (Wildman–Crippen MR) is 117 cm³/mol. The molecule has 1 aliphatic rings. The third-order valence-corrected chi connectivity index (χ3v) is 5.93. The molecule has 28 heavy (non-hydrogen) atoms. The Labute approximate surface area is 182 Å². The number of amides is 2. The van der Waals surface area contributed by atoms with Gasteiger partial charge in [0.2, 0.25) is 11.8 Å². The van der Waals surface area contributed by atoms with Crippen LogP contribution in [0.4, 0.5) is 11.4 Å². The number of carbonyl (C=O) groups excluding carboxylic acids is 2. The van der Waals surface area contributed by atoms with Crippen LogP contribution in [-0.4, -0.2) is 33.7 Å². The summed E-state index contributed by atoms with van der Waals surface area (Å²) in [6.07, 6.45) is 0.0377. The minimum atomic E-state index is -0.544. The second kappa shape index (κ2) is 9.18. The molecule has 2 amide bonds. The maximum Gasteiger partial charge on any atom is 0.242 e. The average Bonchev–Trinajstić information content (AvgIpc) is 2.94. The van der Waals surface area contributed by atoms with Gasteiger partial charge in [0.1, 0.15) is 5.25 Å². The molecule has 0 aliphatic carbocycles. The molecule has 146 valence electrons. The van der Waals surface area contributed by atoms with Gasteiger partial charge in [0.15, 0.2) is 5.17 Å². The van der Waals surface area contributed by atoms with Crippen molar-refractivity contribution in [2.24, 2.45) is 4.99 Å². The van der Waals surface area contributed by atoms with Gasteiger partial charge in [-0.05, 0) is 49.4 Å². The van der Waals surface area contributed by atoms with E-state index >= 15 is 0 Å². The highest BCUT2D eigenvalue weighted by Crippen LogP contribution is 2.34. The van der Waals surface area contributed by atoms with Gasteiger partial charge in [-0.2, -0.15) is 0 Å². The van der Waals surface area contributed by atoms with Crippen LogP contribution in [0.25, 0.3) is 0 Å². The zero-order valence-electron chi connectivity index (χ0n) is 14.8. The number of carbonyl (C=O) groups is 2. The molecule has 1 N–H and O–H groups in total. The van der Waals surface area contributed by atoms with E-state index in [2.05, 4.69) is 10.3 Å². The minimum absolute atomic E-state index is 0.0377. The van der Waals surface area contributed by atoms with Gasteiger partial charge in [-0.15, -0.1) is 0 Å². The van der Waals surface area contributed by atoms with Crippen LogP contribution < -0.4 is 5.32 Å². The quantitative estimate of drug-likeness (QED) is 0.634. The zero-order valence-corrected chi connectivity index (χ0v) is 17.9. The lowest BCUT2D eigenvalue weighted by molar-refractivity contribution is -0.128. The summed E-state index contributed by atoms with van der Waals surface area (Å²) in [6, 6.07) is 11.8. The second-order valence-corrected chi connectivity index (χ2v) is 8.39. The Balaban J connectivity index is 1.72. The molecule has 1 unspecified atom stereocenters. The average molecular weight is 457 g/mol. The number of halogens is 3. The molecule has 3 rings (SSSR count). The Kier molecular flexibility index (Phi) is 6.88. The molecule has 1 aliphatic heterocycles.